The van der Waals surface area contributed by atoms with Crippen molar-refractivity contribution < 1.29 is 4.74 Å². The zero-order chi connectivity index (χ0) is 13.8. The van der Waals surface area contributed by atoms with E-state index in [1.165, 1.54) is 17.7 Å². The van der Waals surface area contributed by atoms with Crippen LogP contribution >= 0.6 is 0 Å². The van der Waals surface area contributed by atoms with Gasteiger partial charge < -0.3 is 15.0 Å². The lowest BCUT2D eigenvalue weighted by molar-refractivity contribution is 0.413. The number of anilines is 1. The Hall–Kier alpha value is -1.22. The lowest BCUT2D eigenvalue weighted by atomic mass is 10.0. The zero-order valence-corrected chi connectivity index (χ0v) is 12.6. The third kappa shape index (κ3) is 3.41. The van der Waals surface area contributed by atoms with E-state index < -0.39 is 0 Å². The number of hydrogen-bond donors (Lipinski definition) is 1. The van der Waals surface area contributed by atoms with E-state index in [0.29, 0.717) is 5.92 Å². The van der Waals surface area contributed by atoms with Gasteiger partial charge in [0.15, 0.2) is 0 Å². The van der Waals surface area contributed by atoms with E-state index in [9.17, 15) is 0 Å². The molecule has 0 saturated carbocycles. The van der Waals surface area contributed by atoms with Crippen LogP contribution in [0.5, 0.6) is 5.75 Å². The summed E-state index contributed by atoms with van der Waals surface area (Å²) in [5, 5.41) is 3.42. The maximum absolute atomic E-state index is 5.56. The van der Waals surface area contributed by atoms with E-state index in [0.717, 1.165) is 31.3 Å². The first-order valence-corrected chi connectivity index (χ1v) is 7.21. The number of hydrogen-bond acceptors (Lipinski definition) is 3. The van der Waals surface area contributed by atoms with Crippen LogP contribution in [0.25, 0.3) is 0 Å². The van der Waals surface area contributed by atoms with Gasteiger partial charge in [0, 0.05) is 13.6 Å². The number of methoxy groups -OCH3 is 1. The van der Waals surface area contributed by atoms with Crippen molar-refractivity contribution in [2.45, 2.75) is 26.2 Å². The van der Waals surface area contributed by atoms with Crippen LogP contribution in [0.15, 0.2) is 18.2 Å². The van der Waals surface area contributed by atoms with Crippen molar-refractivity contribution in [3.05, 3.63) is 23.8 Å². The molecule has 0 bridgehead atoms. The third-order valence-corrected chi connectivity index (χ3v) is 3.98. The summed E-state index contributed by atoms with van der Waals surface area (Å²) in [4.78, 5) is 2.32. The number of ether oxygens (including phenoxy) is 1. The molecule has 3 heteroatoms. The van der Waals surface area contributed by atoms with Crippen molar-refractivity contribution in [1.82, 2.24) is 5.32 Å². The van der Waals surface area contributed by atoms with Gasteiger partial charge in [-0.3, -0.25) is 0 Å². The highest BCUT2D eigenvalue weighted by atomic mass is 16.5. The van der Waals surface area contributed by atoms with Gasteiger partial charge in [-0.25, -0.2) is 0 Å². The number of nitrogens with one attached hydrogen (secondary N) is 1. The smallest absolute Gasteiger partial charge is 0.142 e. The Kier molecular flexibility index (Phi) is 4.70. The van der Waals surface area contributed by atoms with Crippen molar-refractivity contribution in [1.29, 1.82) is 0 Å². The van der Waals surface area contributed by atoms with Gasteiger partial charge in [-0.2, -0.15) is 0 Å². The van der Waals surface area contributed by atoms with Crippen LogP contribution in [-0.2, 0) is 0 Å². The monoisotopic (exact) mass is 262 g/mol. The van der Waals surface area contributed by atoms with Crippen LogP contribution in [0.4, 0.5) is 5.69 Å². The summed E-state index contributed by atoms with van der Waals surface area (Å²) in [6.45, 7) is 7.80. The topological polar surface area (TPSA) is 24.5 Å². The standard InChI is InChI=1S/C16H26N2O/c1-12(2)14-5-6-15(16(9-14)19-4)18(3)11-13-7-8-17-10-13/h5-6,9,12-13,17H,7-8,10-11H2,1-4H3. The van der Waals surface area contributed by atoms with Gasteiger partial charge in [0.1, 0.15) is 5.75 Å². The van der Waals surface area contributed by atoms with Crippen LogP contribution < -0.4 is 15.0 Å². The maximum Gasteiger partial charge on any atom is 0.142 e. The zero-order valence-electron chi connectivity index (χ0n) is 12.6. The first-order valence-electron chi connectivity index (χ1n) is 7.21. The van der Waals surface area contributed by atoms with Crippen LogP contribution in [0.2, 0.25) is 0 Å². The summed E-state index contributed by atoms with van der Waals surface area (Å²) >= 11 is 0. The molecule has 0 amide bonds. The minimum absolute atomic E-state index is 0.535. The van der Waals surface area contributed by atoms with Gasteiger partial charge in [-0.1, -0.05) is 19.9 Å². The molecule has 3 nitrogen and oxygen atoms in total. The summed E-state index contributed by atoms with van der Waals surface area (Å²) in [7, 11) is 3.92. The Balaban J connectivity index is 2.13. The summed E-state index contributed by atoms with van der Waals surface area (Å²) in [5.41, 5.74) is 2.52. The van der Waals surface area contributed by atoms with Crippen LogP contribution in [0.3, 0.4) is 0 Å². The largest absolute Gasteiger partial charge is 0.495 e. The molecule has 1 aliphatic heterocycles. The van der Waals surface area contributed by atoms with Crippen molar-refractivity contribution in [3.8, 4) is 5.75 Å². The minimum Gasteiger partial charge on any atom is -0.495 e. The molecule has 19 heavy (non-hydrogen) atoms. The Morgan fingerprint density at radius 2 is 2.21 bits per heavy atom. The first kappa shape index (κ1) is 14.2. The predicted molar refractivity (Wildman–Crippen MR) is 81.3 cm³/mol. The van der Waals surface area contributed by atoms with E-state index in [-0.39, 0.29) is 0 Å². The lowest BCUT2D eigenvalue weighted by Crippen LogP contribution is -2.27. The highest BCUT2D eigenvalue weighted by Gasteiger charge is 2.18. The summed E-state index contributed by atoms with van der Waals surface area (Å²) in [5.74, 6) is 2.27. The highest BCUT2D eigenvalue weighted by molar-refractivity contribution is 5.59. The molecule has 1 N–H and O–H groups in total. The van der Waals surface area contributed by atoms with Crippen LogP contribution in [-0.4, -0.2) is 33.8 Å². The molecule has 1 aromatic rings. The molecule has 1 heterocycles. The molecule has 0 spiro atoms. The Morgan fingerprint density at radius 1 is 1.42 bits per heavy atom. The van der Waals surface area contributed by atoms with Gasteiger partial charge >= 0.3 is 0 Å². The molecule has 1 aliphatic rings. The second-order valence-electron chi connectivity index (χ2n) is 5.83. The average molecular weight is 262 g/mol. The average Bonchev–Trinajstić information content (AvgIpc) is 2.90. The molecule has 1 aromatic carbocycles. The molecule has 0 aliphatic carbocycles. The molecule has 1 atom stereocenters. The maximum atomic E-state index is 5.56. The molecule has 2 rings (SSSR count). The summed E-state index contributed by atoms with van der Waals surface area (Å²) < 4.78 is 5.56. The van der Waals surface area contributed by atoms with Crippen molar-refractivity contribution >= 4 is 5.69 Å². The second kappa shape index (κ2) is 6.29. The molecule has 1 unspecified atom stereocenters. The quantitative estimate of drug-likeness (QED) is 0.883. The van der Waals surface area contributed by atoms with E-state index in [4.69, 9.17) is 4.74 Å². The van der Waals surface area contributed by atoms with Crippen LogP contribution in [0.1, 0.15) is 31.7 Å². The molecule has 1 fully saturated rings. The Morgan fingerprint density at radius 3 is 2.79 bits per heavy atom. The molecular weight excluding hydrogens is 236 g/mol. The van der Waals surface area contributed by atoms with Crippen molar-refractivity contribution in [2.75, 3.05) is 38.7 Å². The molecule has 0 radical (unpaired) electrons. The number of rotatable bonds is 5. The van der Waals surface area contributed by atoms with E-state index in [1.807, 2.05) is 0 Å². The highest BCUT2D eigenvalue weighted by Crippen LogP contribution is 2.31. The van der Waals surface area contributed by atoms with E-state index in [1.54, 1.807) is 7.11 Å². The predicted octanol–water partition coefficient (Wildman–Crippen LogP) is 2.86. The number of nitrogens with zero attached hydrogens (tertiary/aromatic N) is 1. The van der Waals surface area contributed by atoms with Crippen molar-refractivity contribution in [3.63, 3.8) is 0 Å². The normalized spacial score (nSPS) is 18.9. The van der Waals surface area contributed by atoms with Gasteiger partial charge in [-0.05, 0) is 49.0 Å². The molecule has 0 aromatic heterocycles. The fourth-order valence-corrected chi connectivity index (χ4v) is 2.72. The van der Waals surface area contributed by atoms with E-state index >= 15 is 0 Å². The molecule has 1 saturated heterocycles. The summed E-state index contributed by atoms with van der Waals surface area (Å²) in [6.07, 6.45) is 1.27. The minimum atomic E-state index is 0.535. The van der Waals surface area contributed by atoms with Gasteiger partial charge in [0.05, 0.1) is 12.8 Å². The van der Waals surface area contributed by atoms with Gasteiger partial charge in [0.25, 0.3) is 0 Å². The Bertz CT molecular complexity index is 411. The van der Waals surface area contributed by atoms with Gasteiger partial charge in [-0.15, -0.1) is 0 Å². The lowest BCUT2D eigenvalue weighted by Gasteiger charge is -2.25. The second-order valence-corrected chi connectivity index (χ2v) is 5.83. The van der Waals surface area contributed by atoms with E-state index in [2.05, 4.69) is 49.3 Å². The van der Waals surface area contributed by atoms with Crippen LogP contribution in [0, 0.1) is 5.92 Å². The Labute approximate surface area is 116 Å². The fraction of sp³-hybridized carbons (Fsp3) is 0.625. The molecule has 106 valence electrons. The number of benzene rings is 1. The summed E-state index contributed by atoms with van der Waals surface area (Å²) in [6, 6.07) is 6.58. The van der Waals surface area contributed by atoms with Gasteiger partial charge in [0.2, 0.25) is 0 Å². The van der Waals surface area contributed by atoms with Crippen molar-refractivity contribution in [2.24, 2.45) is 5.92 Å². The first-order chi connectivity index (χ1) is 9.11. The fourth-order valence-electron chi connectivity index (χ4n) is 2.72. The molecular formula is C16H26N2O. The third-order valence-electron chi connectivity index (χ3n) is 3.98. The SMILES string of the molecule is COc1cc(C(C)C)ccc1N(C)CC1CCNC1.